The third kappa shape index (κ3) is 6.43. The van der Waals surface area contributed by atoms with Gasteiger partial charge >= 0.3 is 0 Å². The summed E-state index contributed by atoms with van der Waals surface area (Å²) in [5.41, 5.74) is 4.17. The highest BCUT2D eigenvalue weighted by atomic mass is 79.9. The minimum Gasteiger partial charge on any atom is -0.493 e. The summed E-state index contributed by atoms with van der Waals surface area (Å²) in [6.07, 6.45) is 1.56. The first-order valence-electron chi connectivity index (χ1n) is 9.42. The number of rotatable bonds is 8. The summed E-state index contributed by atoms with van der Waals surface area (Å²) in [5, 5.41) is 4.68. The van der Waals surface area contributed by atoms with Crippen LogP contribution < -0.4 is 14.9 Å². The maximum Gasteiger partial charge on any atom is 0.254 e. The van der Waals surface area contributed by atoms with Crippen molar-refractivity contribution in [2.24, 2.45) is 5.10 Å². The van der Waals surface area contributed by atoms with E-state index in [1.54, 1.807) is 19.4 Å². The summed E-state index contributed by atoms with van der Waals surface area (Å²) in [7, 11) is 1.56. The number of halogens is 2. The average Bonchev–Trinajstić information content (AvgIpc) is 2.74. The highest BCUT2D eigenvalue weighted by molar-refractivity contribution is 9.10. The van der Waals surface area contributed by atoms with Crippen LogP contribution in [0.2, 0.25) is 5.02 Å². The molecule has 0 atom stereocenters. The number of methoxy groups -OCH3 is 1. The summed E-state index contributed by atoms with van der Waals surface area (Å²) < 4.78 is 17.4. The molecule has 0 aromatic heterocycles. The second-order valence-electron chi connectivity index (χ2n) is 6.60. The van der Waals surface area contributed by atoms with E-state index in [2.05, 4.69) is 26.5 Å². The van der Waals surface area contributed by atoms with Crippen LogP contribution in [0.3, 0.4) is 0 Å². The van der Waals surface area contributed by atoms with Crippen molar-refractivity contribution in [3.8, 4) is 11.5 Å². The first-order chi connectivity index (χ1) is 14.6. The standard InChI is InChI=1S/C21H23BrClN3O4/c1-28-19-11-15(12-24-25-20(27)13-26-6-8-29-9-7-26)10-17(22)21(19)30-14-16-4-2-3-5-18(16)23/h2-5,10-12H,6-9,13-14H2,1H3,(H,25,27)/b24-12-. The molecule has 1 heterocycles. The van der Waals surface area contributed by atoms with Crippen molar-refractivity contribution >= 4 is 39.7 Å². The van der Waals surface area contributed by atoms with Gasteiger partial charge in [-0.1, -0.05) is 29.8 Å². The molecule has 30 heavy (non-hydrogen) atoms. The van der Waals surface area contributed by atoms with E-state index in [0.717, 1.165) is 24.2 Å². The number of ether oxygens (including phenoxy) is 3. The molecule has 3 rings (SSSR count). The number of hydrazone groups is 1. The lowest BCUT2D eigenvalue weighted by Crippen LogP contribution is -2.42. The molecule has 1 N–H and O–H groups in total. The molecule has 1 aliphatic rings. The largest absolute Gasteiger partial charge is 0.493 e. The summed E-state index contributed by atoms with van der Waals surface area (Å²) in [6, 6.07) is 11.1. The molecule has 0 radical (unpaired) electrons. The van der Waals surface area contributed by atoms with Crippen LogP contribution in [0.1, 0.15) is 11.1 Å². The molecule has 0 spiro atoms. The maximum absolute atomic E-state index is 12.0. The van der Waals surface area contributed by atoms with Crippen molar-refractivity contribution in [3.63, 3.8) is 0 Å². The summed E-state index contributed by atoms with van der Waals surface area (Å²) in [6.45, 7) is 3.39. The van der Waals surface area contributed by atoms with Crippen molar-refractivity contribution < 1.29 is 19.0 Å². The lowest BCUT2D eigenvalue weighted by Gasteiger charge is -2.25. The van der Waals surface area contributed by atoms with Crippen molar-refractivity contribution in [2.45, 2.75) is 6.61 Å². The molecule has 2 aromatic rings. The van der Waals surface area contributed by atoms with E-state index >= 15 is 0 Å². The molecule has 0 aliphatic carbocycles. The first kappa shape index (κ1) is 22.6. The normalized spacial score (nSPS) is 14.6. The lowest BCUT2D eigenvalue weighted by atomic mass is 10.2. The Morgan fingerprint density at radius 1 is 1.33 bits per heavy atom. The summed E-state index contributed by atoms with van der Waals surface area (Å²) >= 11 is 9.70. The quantitative estimate of drug-likeness (QED) is 0.448. The number of nitrogens with zero attached hydrogens (tertiary/aromatic N) is 2. The fourth-order valence-electron chi connectivity index (χ4n) is 2.90. The molecule has 1 saturated heterocycles. The minimum atomic E-state index is -0.168. The van der Waals surface area contributed by atoms with E-state index in [4.69, 9.17) is 25.8 Å². The number of morpholine rings is 1. The fraction of sp³-hybridized carbons (Fsp3) is 0.333. The van der Waals surface area contributed by atoms with Gasteiger partial charge in [0.05, 0.1) is 37.6 Å². The Kier molecular flexibility index (Phi) is 8.50. The molecular weight excluding hydrogens is 474 g/mol. The van der Waals surface area contributed by atoms with Gasteiger partial charge in [0.1, 0.15) is 6.61 Å². The van der Waals surface area contributed by atoms with Gasteiger partial charge in [-0.15, -0.1) is 0 Å². The highest BCUT2D eigenvalue weighted by Gasteiger charge is 2.14. The Hall–Kier alpha value is -2.13. The van der Waals surface area contributed by atoms with E-state index in [-0.39, 0.29) is 5.91 Å². The zero-order valence-corrected chi connectivity index (χ0v) is 18.9. The zero-order chi connectivity index (χ0) is 21.3. The van der Waals surface area contributed by atoms with E-state index in [1.807, 2.05) is 35.2 Å². The van der Waals surface area contributed by atoms with Gasteiger partial charge in [0.2, 0.25) is 0 Å². The van der Waals surface area contributed by atoms with Crippen LogP contribution in [0.4, 0.5) is 0 Å². The Labute approximate surface area is 189 Å². The molecule has 2 aromatic carbocycles. The monoisotopic (exact) mass is 495 g/mol. The fourth-order valence-corrected chi connectivity index (χ4v) is 3.66. The van der Waals surface area contributed by atoms with Gasteiger partial charge in [-0.25, -0.2) is 5.43 Å². The smallest absolute Gasteiger partial charge is 0.254 e. The van der Waals surface area contributed by atoms with Gasteiger partial charge in [0.25, 0.3) is 5.91 Å². The number of amides is 1. The predicted octanol–water partition coefficient (Wildman–Crippen LogP) is 3.47. The van der Waals surface area contributed by atoms with E-state index in [1.165, 1.54) is 0 Å². The summed E-state index contributed by atoms with van der Waals surface area (Å²) in [5.74, 6) is 0.933. The van der Waals surface area contributed by atoms with Gasteiger partial charge in [0.15, 0.2) is 11.5 Å². The molecule has 0 bridgehead atoms. The van der Waals surface area contributed by atoms with Crippen LogP contribution in [-0.4, -0.2) is 57.0 Å². The molecule has 9 heteroatoms. The SMILES string of the molecule is COc1cc(/C=N\NC(=O)CN2CCOCC2)cc(Br)c1OCc1ccccc1Cl. The molecule has 1 amide bonds. The topological polar surface area (TPSA) is 72.4 Å². The third-order valence-electron chi connectivity index (χ3n) is 4.46. The second kappa shape index (κ2) is 11.3. The van der Waals surface area contributed by atoms with Gasteiger partial charge in [-0.3, -0.25) is 9.69 Å². The van der Waals surface area contributed by atoms with Crippen LogP contribution in [-0.2, 0) is 16.1 Å². The van der Waals surface area contributed by atoms with E-state index in [9.17, 15) is 4.79 Å². The number of hydrogen-bond donors (Lipinski definition) is 1. The van der Waals surface area contributed by atoms with Crippen LogP contribution in [0, 0.1) is 0 Å². The Balaban J connectivity index is 1.60. The average molecular weight is 497 g/mol. The minimum absolute atomic E-state index is 0.168. The van der Waals surface area contributed by atoms with Gasteiger partial charge in [-0.2, -0.15) is 5.10 Å². The van der Waals surface area contributed by atoms with Crippen molar-refractivity contribution in [3.05, 3.63) is 57.0 Å². The molecule has 0 unspecified atom stereocenters. The van der Waals surface area contributed by atoms with Gasteiger partial charge in [0, 0.05) is 23.7 Å². The van der Waals surface area contributed by atoms with Gasteiger partial charge < -0.3 is 14.2 Å². The van der Waals surface area contributed by atoms with Crippen LogP contribution in [0.25, 0.3) is 0 Å². The van der Waals surface area contributed by atoms with Gasteiger partial charge in [-0.05, 0) is 39.7 Å². The Bertz CT molecular complexity index is 904. The molecule has 7 nitrogen and oxygen atoms in total. The number of carbonyl (C=O) groups is 1. The van der Waals surface area contributed by atoms with E-state index < -0.39 is 0 Å². The predicted molar refractivity (Wildman–Crippen MR) is 119 cm³/mol. The van der Waals surface area contributed by atoms with Crippen LogP contribution >= 0.6 is 27.5 Å². The van der Waals surface area contributed by atoms with Crippen molar-refractivity contribution in [2.75, 3.05) is 40.0 Å². The molecule has 0 saturated carbocycles. The lowest BCUT2D eigenvalue weighted by molar-refractivity contribution is -0.123. The van der Waals surface area contributed by atoms with Crippen molar-refractivity contribution in [1.29, 1.82) is 0 Å². The van der Waals surface area contributed by atoms with Crippen LogP contribution in [0.15, 0.2) is 46.0 Å². The maximum atomic E-state index is 12.0. The number of carbonyl (C=O) groups excluding carboxylic acids is 1. The summed E-state index contributed by atoms with van der Waals surface area (Å²) in [4.78, 5) is 14.0. The molecular formula is C21H23BrClN3O4. The number of nitrogens with one attached hydrogen (secondary N) is 1. The third-order valence-corrected chi connectivity index (χ3v) is 5.41. The Morgan fingerprint density at radius 2 is 2.10 bits per heavy atom. The Morgan fingerprint density at radius 3 is 2.83 bits per heavy atom. The van der Waals surface area contributed by atoms with Crippen molar-refractivity contribution in [1.82, 2.24) is 10.3 Å². The number of hydrogen-bond acceptors (Lipinski definition) is 6. The van der Waals surface area contributed by atoms with E-state index in [0.29, 0.717) is 47.4 Å². The molecule has 1 fully saturated rings. The second-order valence-corrected chi connectivity index (χ2v) is 7.86. The molecule has 160 valence electrons. The zero-order valence-electron chi connectivity index (χ0n) is 16.6. The van der Waals surface area contributed by atoms with Crippen LogP contribution in [0.5, 0.6) is 11.5 Å². The first-order valence-corrected chi connectivity index (χ1v) is 10.6. The molecule has 1 aliphatic heterocycles. The highest BCUT2D eigenvalue weighted by Crippen LogP contribution is 2.37. The number of benzene rings is 2.